The summed E-state index contributed by atoms with van der Waals surface area (Å²) in [5, 5.41) is 17.7. The van der Waals surface area contributed by atoms with Crippen LogP contribution in [0.3, 0.4) is 0 Å². The molecule has 0 bridgehead atoms. The van der Waals surface area contributed by atoms with E-state index in [1.165, 1.54) is 12.1 Å². The lowest BCUT2D eigenvalue weighted by atomic mass is 10.1. The Kier molecular flexibility index (Phi) is 7.00. The highest BCUT2D eigenvalue weighted by atomic mass is 35.5. The zero-order valence-corrected chi connectivity index (χ0v) is 14.2. The predicted molar refractivity (Wildman–Crippen MR) is 98.8 cm³/mol. The first-order chi connectivity index (χ1) is 12.0. The lowest BCUT2D eigenvalue weighted by molar-refractivity contribution is 0.262. The second-order valence-corrected chi connectivity index (χ2v) is 5.73. The topological polar surface area (TPSA) is 99.4 Å². The van der Waals surface area contributed by atoms with Crippen LogP contribution in [0.2, 0.25) is 5.02 Å². The van der Waals surface area contributed by atoms with Gasteiger partial charge in [0.2, 0.25) is 0 Å². The minimum Gasteiger partial charge on any atom is -0.396 e. The van der Waals surface area contributed by atoms with Gasteiger partial charge in [0, 0.05) is 41.8 Å². The SMILES string of the molecule is NCCNc1cc(F)cc(NC(=O)Nc2cc(Cl)ccc2CCO)c1. The van der Waals surface area contributed by atoms with E-state index in [2.05, 4.69) is 16.0 Å². The second-order valence-electron chi connectivity index (χ2n) is 5.30. The van der Waals surface area contributed by atoms with Crippen molar-refractivity contribution in [2.75, 3.05) is 35.6 Å². The molecule has 0 aliphatic rings. The molecule has 2 rings (SSSR count). The quantitative estimate of drug-likeness (QED) is 0.520. The van der Waals surface area contributed by atoms with Crippen LogP contribution >= 0.6 is 11.6 Å². The third-order valence-electron chi connectivity index (χ3n) is 3.33. The highest BCUT2D eigenvalue weighted by molar-refractivity contribution is 6.31. The molecule has 25 heavy (non-hydrogen) atoms. The number of rotatable bonds is 7. The lowest BCUT2D eigenvalue weighted by Gasteiger charge is -2.13. The molecule has 0 saturated carbocycles. The van der Waals surface area contributed by atoms with E-state index in [0.29, 0.717) is 41.6 Å². The maximum Gasteiger partial charge on any atom is 0.323 e. The highest BCUT2D eigenvalue weighted by Crippen LogP contribution is 2.23. The van der Waals surface area contributed by atoms with Crippen LogP contribution in [0.1, 0.15) is 5.56 Å². The molecule has 0 saturated heterocycles. The van der Waals surface area contributed by atoms with Gasteiger partial charge >= 0.3 is 6.03 Å². The van der Waals surface area contributed by atoms with E-state index in [-0.39, 0.29) is 6.61 Å². The molecule has 2 aromatic rings. The van der Waals surface area contributed by atoms with Crippen LogP contribution in [-0.4, -0.2) is 30.8 Å². The van der Waals surface area contributed by atoms with Crippen molar-refractivity contribution in [2.24, 2.45) is 5.73 Å². The van der Waals surface area contributed by atoms with Gasteiger partial charge in [0.25, 0.3) is 0 Å². The van der Waals surface area contributed by atoms with Gasteiger partial charge in [-0.3, -0.25) is 0 Å². The number of urea groups is 1. The molecular formula is C17H20ClFN4O2. The van der Waals surface area contributed by atoms with Crippen LogP contribution < -0.4 is 21.7 Å². The van der Waals surface area contributed by atoms with Crippen LogP contribution in [0.25, 0.3) is 0 Å². The zero-order valence-electron chi connectivity index (χ0n) is 13.5. The van der Waals surface area contributed by atoms with Crippen molar-refractivity contribution in [1.29, 1.82) is 0 Å². The summed E-state index contributed by atoms with van der Waals surface area (Å²) in [6.07, 6.45) is 0.375. The Balaban J connectivity index is 2.10. The predicted octanol–water partition coefficient (Wildman–Crippen LogP) is 3.03. The van der Waals surface area contributed by atoms with E-state index in [9.17, 15) is 9.18 Å². The summed E-state index contributed by atoms with van der Waals surface area (Å²) < 4.78 is 13.7. The smallest absolute Gasteiger partial charge is 0.323 e. The fourth-order valence-corrected chi connectivity index (χ4v) is 2.44. The minimum atomic E-state index is -0.545. The highest BCUT2D eigenvalue weighted by Gasteiger charge is 2.09. The van der Waals surface area contributed by atoms with Crippen molar-refractivity contribution in [2.45, 2.75) is 6.42 Å². The monoisotopic (exact) mass is 366 g/mol. The molecule has 2 amide bonds. The fourth-order valence-electron chi connectivity index (χ4n) is 2.27. The van der Waals surface area contributed by atoms with Crippen LogP contribution in [0.5, 0.6) is 0 Å². The number of benzene rings is 2. The van der Waals surface area contributed by atoms with Crippen LogP contribution in [0.15, 0.2) is 36.4 Å². The number of halogens is 2. The van der Waals surface area contributed by atoms with Gasteiger partial charge in [-0.25, -0.2) is 9.18 Å². The Hall–Kier alpha value is -2.35. The van der Waals surface area contributed by atoms with Crippen LogP contribution in [0, 0.1) is 5.82 Å². The van der Waals surface area contributed by atoms with Crippen molar-refractivity contribution in [1.82, 2.24) is 0 Å². The van der Waals surface area contributed by atoms with E-state index in [1.54, 1.807) is 24.3 Å². The number of nitrogens with one attached hydrogen (secondary N) is 3. The van der Waals surface area contributed by atoms with Gasteiger partial charge < -0.3 is 26.8 Å². The molecule has 134 valence electrons. The maximum atomic E-state index is 13.7. The largest absolute Gasteiger partial charge is 0.396 e. The second kappa shape index (κ2) is 9.22. The fraction of sp³-hybridized carbons (Fsp3) is 0.235. The summed E-state index contributed by atoms with van der Waals surface area (Å²) in [6.45, 7) is 0.836. The number of aliphatic hydroxyl groups excluding tert-OH is 1. The molecule has 0 atom stereocenters. The molecule has 0 fully saturated rings. The first-order valence-electron chi connectivity index (χ1n) is 7.73. The minimum absolute atomic E-state index is 0.0575. The normalized spacial score (nSPS) is 10.4. The van der Waals surface area contributed by atoms with Gasteiger partial charge in [0.05, 0.1) is 0 Å². The molecule has 0 unspecified atom stereocenters. The molecule has 0 aromatic heterocycles. The molecule has 6 nitrogen and oxygen atoms in total. The number of aliphatic hydroxyl groups is 1. The summed E-state index contributed by atoms with van der Waals surface area (Å²) in [4.78, 5) is 12.2. The number of nitrogens with two attached hydrogens (primary N) is 1. The van der Waals surface area contributed by atoms with E-state index < -0.39 is 11.8 Å². The van der Waals surface area contributed by atoms with Crippen molar-refractivity contribution in [3.63, 3.8) is 0 Å². The molecule has 8 heteroatoms. The Labute approximate surface area is 150 Å². The van der Waals surface area contributed by atoms with Gasteiger partial charge in [0.1, 0.15) is 5.82 Å². The standard InChI is InChI=1S/C17H20ClFN4O2/c18-12-2-1-11(3-6-24)16(7-12)23-17(25)22-15-9-13(19)8-14(10-15)21-5-4-20/h1-2,7-10,21,24H,3-6,20H2,(H2,22,23,25). The van der Waals surface area contributed by atoms with Gasteiger partial charge in [0.15, 0.2) is 0 Å². The number of hydrogen-bond donors (Lipinski definition) is 5. The number of carbonyl (C=O) groups excluding carboxylic acids is 1. The van der Waals surface area contributed by atoms with E-state index in [1.807, 2.05) is 0 Å². The first kappa shape index (κ1) is 19.0. The molecule has 0 aliphatic heterocycles. The average molecular weight is 367 g/mol. The number of carbonyl (C=O) groups is 1. The third-order valence-corrected chi connectivity index (χ3v) is 3.57. The average Bonchev–Trinajstić information content (AvgIpc) is 2.55. The third kappa shape index (κ3) is 5.90. The summed E-state index contributed by atoms with van der Waals surface area (Å²) in [5.41, 5.74) is 7.44. The molecule has 6 N–H and O–H groups in total. The Morgan fingerprint density at radius 1 is 1.16 bits per heavy atom. The van der Waals surface area contributed by atoms with Crippen LogP contribution in [0.4, 0.5) is 26.2 Å². The van der Waals surface area contributed by atoms with Gasteiger partial charge in [-0.15, -0.1) is 0 Å². The van der Waals surface area contributed by atoms with Crippen molar-refractivity contribution < 1.29 is 14.3 Å². The number of anilines is 3. The first-order valence-corrected chi connectivity index (χ1v) is 8.11. The number of hydrogen-bond acceptors (Lipinski definition) is 4. The molecule has 0 spiro atoms. The molecule has 0 radical (unpaired) electrons. The van der Waals surface area contributed by atoms with Gasteiger partial charge in [-0.05, 0) is 42.3 Å². The summed E-state index contributed by atoms with van der Waals surface area (Å²) in [5.74, 6) is -0.485. The Morgan fingerprint density at radius 2 is 1.92 bits per heavy atom. The Bertz CT molecular complexity index is 743. The molecule has 0 aliphatic carbocycles. The summed E-state index contributed by atoms with van der Waals surface area (Å²) in [7, 11) is 0. The molecular weight excluding hydrogens is 347 g/mol. The van der Waals surface area contributed by atoms with Crippen molar-refractivity contribution in [3.8, 4) is 0 Å². The molecule has 0 heterocycles. The van der Waals surface area contributed by atoms with Crippen LogP contribution in [-0.2, 0) is 6.42 Å². The summed E-state index contributed by atoms with van der Waals surface area (Å²) in [6, 6.07) is 8.57. The lowest BCUT2D eigenvalue weighted by Crippen LogP contribution is -2.21. The van der Waals surface area contributed by atoms with E-state index in [0.717, 1.165) is 5.56 Å². The van der Waals surface area contributed by atoms with E-state index >= 15 is 0 Å². The Morgan fingerprint density at radius 3 is 2.64 bits per heavy atom. The molecule has 2 aromatic carbocycles. The van der Waals surface area contributed by atoms with Gasteiger partial charge in [-0.2, -0.15) is 0 Å². The summed E-state index contributed by atoms with van der Waals surface area (Å²) >= 11 is 5.95. The van der Waals surface area contributed by atoms with E-state index in [4.69, 9.17) is 22.4 Å². The number of amides is 2. The van der Waals surface area contributed by atoms with Crippen molar-refractivity contribution >= 4 is 34.7 Å². The maximum absolute atomic E-state index is 13.7. The van der Waals surface area contributed by atoms with Crippen molar-refractivity contribution in [3.05, 3.63) is 52.8 Å². The zero-order chi connectivity index (χ0) is 18.2. The van der Waals surface area contributed by atoms with Gasteiger partial charge in [-0.1, -0.05) is 17.7 Å².